The first kappa shape index (κ1) is 23.0. The van der Waals surface area contributed by atoms with Crippen molar-refractivity contribution in [2.45, 2.75) is 6.92 Å². The van der Waals surface area contributed by atoms with Crippen molar-refractivity contribution in [3.05, 3.63) is 93.5 Å². The van der Waals surface area contributed by atoms with Gasteiger partial charge in [-0.3, -0.25) is 9.59 Å². The highest BCUT2D eigenvalue weighted by Crippen LogP contribution is 2.25. The van der Waals surface area contributed by atoms with Gasteiger partial charge in [0.2, 0.25) is 0 Å². The maximum atomic E-state index is 12.2. The Morgan fingerprint density at radius 1 is 0.938 bits per heavy atom. The van der Waals surface area contributed by atoms with Crippen molar-refractivity contribution in [3.8, 4) is 5.75 Å². The molecule has 3 aromatic carbocycles. The molecule has 3 rings (SSSR count). The van der Waals surface area contributed by atoms with Crippen molar-refractivity contribution < 1.29 is 19.1 Å². The molecule has 2 amide bonds. The van der Waals surface area contributed by atoms with Crippen molar-refractivity contribution in [2.75, 3.05) is 5.32 Å². The first-order valence-electron chi connectivity index (χ1n) is 9.30. The van der Waals surface area contributed by atoms with Gasteiger partial charge in [0.25, 0.3) is 0 Å². The number of esters is 1. The van der Waals surface area contributed by atoms with Crippen LogP contribution in [0.2, 0.25) is 10.0 Å². The number of rotatable bonds is 5. The number of nitrogens with zero attached hydrogens (tertiary/aromatic N) is 1. The second kappa shape index (κ2) is 10.6. The Hall–Kier alpha value is -3.68. The summed E-state index contributed by atoms with van der Waals surface area (Å²) < 4.78 is 5.33. The fourth-order valence-electron chi connectivity index (χ4n) is 2.55. The van der Waals surface area contributed by atoms with Gasteiger partial charge in [-0.1, -0.05) is 40.9 Å². The normalized spacial score (nSPS) is 10.6. The molecule has 0 saturated heterocycles. The molecule has 32 heavy (non-hydrogen) atoms. The Labute approximate surface area is 194 Å². The Balaban J connectivity index is 1.53. The Bertz CT molecular complexity index is 1190. The quantitative estimate of drug-likeness (QED) is 0.187. The molecule has 0 bridgehead atoms. The van der Waals surface area contributed by atoms with Crippen LogP contribution < -0.4 is 15.5 Å². The maximum Gasteiger partial charge on any atom is 0.343 e. The fourth-order valence-corrected chi connectivity index (χ4v) is 2.89. The number of amides is 2. The molecule has 0 heterocycles. The second-order valence-corrected chi connectivity index (χ2v) is 7.45. The van der Waals surface area contributed by atoms with Crippen molar-refractivity contribution in [1.29, 1.82) is 0 Å². The third-order valence-corrected chi connectivity index (χ3v) is 4.67. The van der Waals surface area contributed by atoms with Gasteiger partial charge >= 0.3 is 17.8 Å². The molecule has 0 unspecified atom stereocenters. The van der Waals surface area contributed by atoms with E-state index >= 15 is 0 Å². The lowest BCUT2D eigenvalue weighted by molar-refractivity contribution is -0.136. The summed E-state index contributed by atoms with van der Waals surface area (Å²) in [4.78, 5) is 36.0. The number of benzene rings is 3. The molecule has 0 atom stereocenters. The third-order valence-electron chi connectivity index (χ3n) is 4.11. The molecule has 3 aromatic rings. The van der Waals surface area contributed by atoms with E-state index in [0.717, 1.165) is 5.56 Å². The molecule has 7 nitrogen and oxygen atoms in total. The lowest BCUT2D eigenvalue weighted by atomic mass is 10.1. The molecule has 0 aliphatic rings. The lowest BCUT2D eigenvalue weighted by Crippen LogP contribution is -2.32. The number of carbonyl (C=O) groups is 3. The minimum absolute atomic E-state index is 0.207. The molecule has 0 saturated carbocycles. The van der Waals surface area contributed by atoms with E-state index in [2.05, 4.69) is 15.8 Å². The number of carbonyl (C=O) groups excluding carboxylic acids is 3. The predicted octanol–water partition coefficient (Wildman–Crippen LogP) is 4.61. The highest BCUT2D eigenvalue weighted by Gasteiger charge is 2.15. The van der Waals surface area contributed by atoms with E-state index in [1.54, 1.807) is 48.5 Å². The minimum atomic E-state index is -0.985. The maximum absolute atomic E-state index is 12.2. The smallest absolute Gasteiger partial charge is 0.343 e. The van der Waals surface area contributed by atoms with E-state index in [-0.39, 0.29) is 10.7 Å². The lowest BCUT2D eigenvalue weighted by Gasteiger charge is -2.06. The van der Waals surface area contributed by atoms with Crippen LogP contribution in [0.15, 0.2) is 71.8 Å². The third kappa shape index (κ3) is 6.41. The summed E-state index contributed by atoms with van der Waals surface area (Å²) in [7, 11) is 0. The number of hydrogen-bond donors (Lipinski definition) is 2. The number of hydrazone groups is 1. The largest absolute Gasteiger partial charge is 0.423 e. The Morgan fingerprint density at radius 2 is 1.69 bits per heavy atom. The zero-order chi connectivity index (χ0) is 23.1. The van der Waals surface area contributed by atoms with Crippen LogP contribution in [-0.4, -0.2) is 24.0 Å². The number of ether oxygens (including phenoxy) is 1. The highest BCUT2D eigenvalue weighted by molar-refractivity contribution is 6.42. The number of nitrogens with one attached hydrogen (secondary N) is 2. The Morgan fingerprint density at radius 3 is 2.41 bits per heavy atom. The number of aryl methyl sites for hydroxylation is 1. The molecular formula is C23H17Cl2N3O4. The number of hydrogen-bond acceptors (Lipinski definition) is 5. The van der Waals surface area contributed by atoms with Crippen LogP contribution in [0.5, 0.6) is 5.75 Å². The molecule has 0 radical (unpaired) electrons. The molecule has 2 N–H and O–H groups in total. The number of halogens is 2. The van der Waals surface area contributed by atoms with E-state index < -0.39 is 17.8 Å². The van der Waals surface area contributed by atoms with Crippen LogP contribution in [-0.2, 0) is 9.59 Å². The van der Waals surface area contributed by atoms with Gasteiger partial charge in [-0.05, 0) is 67.1 Å². The molecule has 0 spiro atoms. The molecule has 0 aromatic heterocycles. The molecule has 0 fully saturated rings. The van der Waals surface area contributed by atoms with Crippen molar-refractivity contribution in [3.63, 3.8) is 0 Å². The van der Waals surface area contributed by atoms with Crippen LogP contribution in [0.25, 0.3) is 0 Å². The topological polar surface area (TPSA) is 96.9 Å². The molecule has 9 heteroatoms. The van der Waals surface area contributed by atoms with Crippen LogP contribution in [0.1, 0.15) is 21.5 Å². The van der Waals surface area contributed by atoms with E-state index in [9.17, 15) is 14.4 Å². The second-order valence-electron chi connectivity index (χ2n) is 6.61. The monoisotopic (exact) mass is 469 g/mol. The van der Waals surface area contributed by atoms with Gasteiger partial charge in [0.1, 0.15) is 5.75 Å². The van der Waals surface area contributed by atoms with Gasteiger partial charge in [0.15, 0.2) is 0 Å². The standard InChI is InChI=1S/C23H17Cl2N3O4/c1-14-3-2-4-16(11-14)23(31)32-18-8-5-15(6-9-18)13-26-28-22(30)21(29)27-20-12-17(24)7-10-19(20)25/h2-13H,1H3,(H,27,29)(H,28,30)/b26-13+. The average Bonchev–Trinajstić information content (AvgIpc) is 2.77. The zero-order valence-corrected chi connectivity index (χ0v) is 18.3. The predicted molar refractivity (Wildman–Crippen MR) is 123 cm³/mol. The molecule has 162 valence electrons. The van der Waals surface area contributed by atoms with Crippen molar-refractivity contribution in [2.24, 2.45) is 5.10 Å². The number of anilines is 1. The SMILES string of the molecule is Cc1cccc(C(=O)Oc2ccc(/C=N/NC(=O)C(=O)Nc3cc(Cl)ccc3Cl)cc2)c1. The van der Waals surface area contributed by atoms with Crippen LogP contribution in [0, 0.1) is 6.92 Å². The van der Waals surface area contributed by atoms with Crippen LogP contribution >= 0.6 is 23.2 Å². The fraction of sp³-hybridized carbons (Fsp3) is 0.0435. The van der Waals surface area contributed by atoms with Crippen molar-refractivity contribution in [1.82, 2.24) is 5.43 Å². The summed E-state index contributed by atoms with van der Waals surface area (Å²) >= 11 is 11.8. The van der Waals surface area contributed by atoms with Gasteiger partial charge in [-0.25, -0.2) is 10.2 Å². The van der Waals surface area contributed by atoms with Gasteiger partial charge in [0.05, 0.1) is 22.5 Å². The molecule has 0 aliphatic carbocycles. The van der Waals surface area contributed by atoms with E-state index in [4.69, 9.17) is 27.9 Å². The summed E-state index contributed by atoms with van der Waals surface area (Å²) in [6.07, 6.45) is 1.34. The van der Waals surface area contributed by atoms with Crippen molar-refractivity contribution >= 4 is 52.9 Å². The summed E-state index contributed by atoms with van der Waals surface area (Å²) in [5.74, 6) is -2.05. The minimum Gasteiger partial charge on any atom is -0.423 e. The van der Waals surface area contributed by atoms with Gasteiger partial charge < -0.3 is 10.1 Å². The average molecular weight is 470 g/mol. The summed E-state index contributed by atoms with van der Waals surface area (Å²) in [6.45, 7) is 1.89. The first-order chi connectivity index (χ1) is 15.3. The van der Waals surface area contributed by atoms with Crippen LogP contribution in [0.4, 0.5) is 5.69 Å². The Kier molecular flexibility index (Phi) is 7.59. The van der Waals surface area contributed by atoms with E-state index in [1.165, 1.54) is 18.3 Å². The van der Waals surface area contributed by atoms with E-state index in [1.807, 2.05) is 13.0 Å². The summed E-state index contributed by atoms with van der Waals surface area (Å²) in [5, 5.41) is 6.69. The highest BCUT2D eigenvalue weighted by atomic mass is 35.5. The van der Waals surface area contributed by atoms with Crippen LogP contribution in [0.3, 0.4) is 0 Å². The van der Waals surface area contributed by atoms with Gasteiger partial charge in [-0.15, -0.1) is 0 Å². The molecule has 0 aliphatic heterocycles. The van der Waals surface area contributed by atoms with Gasteiger partial charge in [0, 0.05) is 5.02 Å². The summed E-state index contributed by atoms with van der Waals surface area (Å²) in [5.41, 5.74) is 4.34. The summed E-state index contributed by atoms with van der Waals surface area (Å²) in [6, 6.07) is 18.0. The first-order valence-corrected chi connectivity index (χ1v) is 10.1. The molecular weight excluding hydrogens is 453 g/mol. The van der Waals surface area contributed by atoms with E-state index in [0.29, 0.717) is 21.9 Å². The zero-order valence-electron chi connectivity index (χ0n) is 16.8. The van der Waals surface area contributed by atoms with Gasteiger partial charge in [-0.2, -0.15) is 5.10 Å².